The largest absolute Gasteiger partial charge is 0.309 e. The summed E-state index contributed by atoms with van der Waals surface area (Å²) in [6.45, 7) is 7.73. The summed E-state index contributed by atoms with van der Waals surface area (Å²) in [7, 11) is 0. The molecule has 0 amide bonds. The number of benzene rings is 1. The van der Waals surface area contributed by atoms with Crippen molar-refractivity contribution >= 4 is 11.3 Å². The topological polar surface area (TPSA) is 12.0 Å². The number of rotatable bonds is 6. The van der Waals surface area contributed by atoms with Gasteiger partial charge in [0.05, 0.1) is 0 Å². The lowest BCUT2D eigenvalue weighted by atomic mass is 9.95. The lowest BCUT2D eigenvalue weighted by Crippen LogP contribution is -2.23. The summed E-state index contributed by atoms with van der Waals surface area (Å²) in [4.78, 5) is 1.44. The first-order chi connectivity index (χ1) is 9.22. The molecule has 1 heterocycles. The summed E-state index contributed by atoms with van der Waals surface area (Å²) in [6, 6.07) is 11.4. The minimum absolute atomic E-state index is 0.444. The molecular formula is C17H23NS. The number of thiophene rings is 1. The minimum atomic E-state index is 0.444. The SMILES string of the molecule is CCCNC(Cc1c(C)cccc1C)c1cccs1. The van der Waals surface area contributed by atoms with Crippen LogP contribution >= 0.6 is 11.3 Å². The molecule has 0 bridgehead atoms. The zero-order valence-corrected chi connectivity index (χ0v) is 12.9. The predicted molar refractivity (Wildman–Crippen MR) is 85.0 cm³/mol. The quantitative estimate of drug-likeness (QED) is 0.808. The second-order valence-electron chi connectivity index (χ2n) is 5.10. The van der Waals surface area contributed by atoms with Crippen LogP contribution in [0.25, 0.3) is 0 Å². The molecule has 2 heteroatoms. The monoisotopic (exact) mass is 273 g/mol. The number of nitrogens with one attached hydrogen (secondary N) is 1. The molecule has 102 valence electrons. The Bertz CT molecular complexity index is 482. The number of hydrogen-bond donors (Lipinski definition) is 1. The summed E-state index contributed by atoms with van der Waals surface area (Å²) >= 11 is 1.85. The maximum atomic E-state index is 3.69. The summed E-state index contributed by atoms with van der Waals surface area (Å²) in [5.41, 5.74) is 4.30. The average Bonchev–Trinajstić information content (AvgIpc) is 2.91. The van der Waals surface area contributed by atoms with Crippen LogP contribution in [0.1, 0.15) is 41.0 Å². The molecule has 0 aliphatic carbocycles. The highest BCUT2D eigenvalue weighted by molar-refractivity contribution is 7.10. The molecule has 1 N–H and O–H groups in total. The molecule has 0 aliphatic heterocycles. The van der Waals surface area contributed by atoms with Gasteiger partial charge in [-0.2, -0.15) is 0 Å². The Balaban J connectivity index is 2.20. The predicted octanol–water partition coefficient (Wildman–Crippen LogP) is 4.65. The third kappa shape index (κ3) is 3.68. The van der Waals surface area contributed by atoms with Crippen molar-refractivity contribution in [3.63, 3.8) is 0 Å². The Labute approximate surface area is 120 Å². The van der Waals surface area contributed by atoms with E-state index in [0.717, 1.165) is 13.0 Å². The van der Waals surface area contributed by atoms with Crippen LogP contribution in [0.2, 0.25) is 0 Å². The summed E-state index contributed by atoms with van der Waals surface area (Å²) in [6.07, 6.45) is 2.26. The van der Waals surface area contributed by atoms with E-state index in [0.29, 0.717) is 6.04 Å². The zero-order chi connectivity index (χ0) is 13.7. The molecule has 1 atom stereocenters. The highest BCUT2D eigenvalue weighted by Crippen LogP contribution is 2.26. The molecule has 1 aromatic heterocycles. The third-order valence-electron chi connectivity index (χ3n) is 3.58. The standard InChI is InChI=1S/C17H23NS/c1-4-10-18-16(17-9-6-11-19-17)12-15-13(2)7-5-8-14(15)3/h5-9,11,16,18H,4,10,12H2,1-3H3. The second-order valence-corrected chi connectivity index (χ2v) is 6.08. The van der Waals surface area contributed by atoms with Crippen LogP contribution in [-0.2, 0) is 6.42 Å². The fourth-order valence-electron chi connectivity index (χ4n) is 2.46. The van der Waals surface area contributed by atoms with Gasteiger partial charge in [-0.25, -0.2) is 0 Å². The van der Waals surface area contributed by atoms with E-state index in [9.17, 15) is 0 Å². The normalized spacial score (nSPS) is 12.6. The molecule has 0 saturated carbocycles. The first-order valence-corrected chi connectivity index (χ1v) is 7.92. The molecular weight excluding hydrogens is 250 g/mol. The second kappa shape index (κ2) is 6.88. The molecule has 0 radical (unpaired) electrons. The highest BCUT2D eigenvalue weighted by Gasteiger charge is 2.14. The van der Waals surface area contributed by atoms with Crippen LogP contribution in [-0.4, -0.2) is 6.54 Å². The molecule has 19 heavy (non-hydrogen) atoms. The summed E-state index contributed by atoms with van der Waals surface area (Å²) < 4.78 is 0. The molecule has 0 spiro atoms. The van der Waals surface area contributed by atoms with Gasteiger partial charge in [0.2, 0.25) is 0 Å². The van der Waals surface area contributed by atoms with Gasteiger partial charge in [-0.15, -0.1) is 11.3 Å². The molecule has 0 fully saturated rings. The zero-order valence-electron chi connectivity index (χ0n) is 12.1. The highest BCUT2D eigenvalue weighted by atomic mass is 32.1. The van der Waals surface area contributed by atoms with Gasteiger partial charge in [0.15, 0.2) is 0 Å². The Hall–Kier alpha value is -1.12. The molecule has 2 rings (SSSR count). The average molecular weight is 273 g/mol. The first-order valence-electron chi connectivity index (χ1n) is 7.04. The van der Waals surface area contributed by atoms with Crippen molar-refractivity contribution < 1.29 is 0 Å². The Kier molecular flexibility index (Phi) is 5.17. The van der Waals surface area contributed by atoms with Crippen molar-refractivity contribution in [2.45, 2.75) is 39.7 Å². The van der Waals surface area contributed by atoms with Crippen LogP contribution in [0, 0.1) is 13.8 Å². The van der Waals surface area contributed by atoms with Gasteiger partial charge in [0, 0.05) is 10.9 Å². The van der Waals surface area contributed by atoms with E-state index in [1.807, 2.05) is 11.3 Å². The molecule has 0 aliphatic rings. The van der Waals surface area contributed by atoms with Gasteiger partial charge in [0.25, 0.3) is 0 Å². The maximum absolute atomic E-state index is 3.69. The summed E-state index contributed by atoms with van der Waals surface area (Å²) in [5, 5.41) is 5.85. The van der Waals surface area contributed by atoms with Crippen molar-refractivity contribution in [3.8, 4) is 0 Å². The third-order valence-corrected chi connectivity index (χ3v) is 4.57. The van der Waals surface area contributed by atoms with E-state index in [2.05, 4.69) is 61.8 Å². The Morgan fingerprint density at radius 2 is 1.84 bits per heavy atom. The lowest BCUT2D eigenvalue weighted by Gasteiger charge is -2.20. The van der Waals surface area contributed by atoms with E-state index in [-0.39, 0.29) is 0 Å². The fraction of sp³-hybridized carbons (Fsp3) is 0.412. The van der Waals surface area contributed by atoms with Gasteiger partial charge in [-0.05, 0) is 61.4 Å². The van der Waals surface area contributed by atoms with Crippen LogP contribution in [0.3, 0.4) is 0 Å². The van der Waals surface area contributed by atoms with Crippen LogP contribution < -0.4 is 5.32 Å². The van der Waals surface area contributed by atoms with Gasteiger partial charge in [0.1, 0.15) is 0 Å². The van der Waals surface area contributed by atoms with Crippen molar-refractivity contribution in [2.24, 2.45) is 0 Å². The molecule has 1 nitrogen and oxygen atoms in total. The van der Waals surface area contributed by atoms with E-state index in [4.69, 9.17) is 0 Å². The van der Waals surface area contributed by atoms with E-state index >= 15 is 0 Å². The van der Waals surface area contributed by atoms with Gasteiger partial charge in [-0.3, -0.25) is 0 Å². The van der Waals surface area contributed by atoms with Crippen LogP contribution in [0.15, 0.2) is 35.7 Å². The Morgan fingerprint density at radius 1 is 1.11 bits per heavy atom. The van der Waals surface area contributed by atoms with E-state index in [1.54, 1.807) is 0 Å². The molecule has 2 aromatic rings. The van der Waals surface area contributed by atoms with Gasteiger partial charge in [-0.1, -0.05) is 31.2 Å². The molecule has 0 saturated heterocycles. The Morgan fingerprint density at radius 3 is 2.42 bits per heavy atom. The smallest absolute Gasteiger partial charge is 0.0455 e. The van der Waals surface area contributed by atoms with Crippen molar-refractivity contribution in [3.05, 3.63) is 57.3 Å². The molecule has 1 unspecified atom stereocenters. The number of aryl methyl sites for hydroxylation is 2. The van der Waals surface area contributed by atoms with Gasteiger partial charge >= 0.3 is 0 Å². The van der Waals surface area contributed by atoms with Crippen molar-refractivity contribution in [2.75, 3.05) is 6.54 Å². The van der Waals surface area contributed by atoms with E-state index in [1.165, 1.54) is 28.0 Å². The first kappa shape index (κ1) is 14.3. The van der Waals surface area contributed by atoms with Crippen molar-refractivity contribution in [1.29, 1.82) is 0 Å². The lowest BCUT2D eigenvalue weighted by molar-refractivity contribution is 0.535. The summed E-state index contributed by atoms with van der Waals surface area (Å²) in [5.74, 6) is 0. The minimum Gasteiger partial charge on any atom is -0.309 e. The van der Waals surface area contributed by atoms with Gasteiger partial charge < -0.3 is 5.32 Å². The molecule has 1 aromatic carbocycles. The van der Waals surface area contributed by atoms with Crippen LogP contribution in [0.4, 0.5) is 0 Å². The van der Waals surface area contributed by atoms with Crippen molar-refractivity contribution in [1.82, 2.24) is 5.32 Å². The maximum Gasteiger partial charge on any atom is 0.0455 e. The fourth-order valence-corrected chi connectivity index (χ4v) is 3.26. The number of hydrogen-bond acceptors (Lipinski definition) is 2. The van der Waals surface area contributed by atoms with E-state index < -0.39 is 0 Å². The van der Waals surface area contributed by atoms with Crippen LogP contribution in [0.5, 0.6) is 0 Å².